The number of ether oxygens (including phenoxy) is 1. The van der Waals surface area contributed by atoms with Crippen LogP contribution in [0.15, 0.2) is 84.0 Å². The topological polar surface area (TPSA) is 81.1 Å². The quantitative estimate of drug-likeness (QED) is 0.454. The summed E-state index contributed by atoms with van der Waals surface area (Å²) >= 11 is 1.40. The third-order valence-corrected chi connectivity index (χ3v) is 6.82. The molecule has 8 heteroatoms. The number of nitrogens with zero attached hydrogens (tertiary/aromatic N) is 3. The highest BCUT2D eigenvalue weighted by Crippen LogP contribution is 2.39. The van der Waals surface area contributed by atoms with Gasteiger partial charge in [-0.05, 0) is 36.2 Å². The van der Waals surface area contributed by atoms with Crippen molar-refractivity contribution < 1.29 is 9.53 Å². The Hall–Kier alpha value is -3.78. The number of fused-ring (bicyclic) bond motifs is 1. The highest BCUT2D eigenvalue weighted by atomic mass is 32.2. The zero-order chi connectivity index (χ0) is 22.8. The van der Waals surface area contributed by atoms with E-state index in [9.17, 15) is 4.79 Å². The SMILES string of the molecule is COc1ccc([C@@H]2Nn3c(nnc3-c3ccccc3)S[C@@H]2C(=O)Nc2ccccc2C)cc1. The van der Waals surface area contributed by atoms with E-state index in [-0.39, 0.29) is 11.9 Å². The van der Waals surface area contributed by atoms with Crippen molar-refractivity contribution in [2.45, 2.75) is 23.4 Å². The van der Waals surface area contributed by atoms with Gasteiger partial charge in [0.05, 0.1) is 13.2 Å². The van der Waals surface area contributed by atoms with E-state index < -0.39 is 5.25 Å². The van der Waals surface area contributed by atoms with Crippen LogP contribution in [-0.2, 0) is 4.79 Å². The van der Waals surface area contributed by atoms with Gasteiger partial charge in [0.25, 0.3) is 0 Å². The molecule has 0 aliphatic carbocycles. The Bertz CT molecular complexity index is 1270. The summed E-state index contributed by atoms with van der Waals surface area (Å²) in [6, 6.07) is 25.1. The van der Waals surface area contributed by atoms with Gasteiger partial charge in [-0.25, -0.2) is 4.68 Å². The molecule has 1 aromatic heterocycles. The van der Waals surface area contributed by atoms with Crippen LogP contribution >= 0.6 is 11.8 Å². The zero-order valence-electron chi connectivity index (χ0n) is 18.2. The molecule has 4 aromatic rings. The number of aromatic nitrogens is 3. The van der Waals surface area contributed by atoms with E-state index in [1.54, 1.807) is 7.11 Å². The highest BCUT2D eigenvalue weighted by molar-refractivity contribution is 8.00. The Labute approximate surface area is 196 Å². The first-order chi connectivity index (χ1) is 16.1. The van der Waals surface area contributed by atoms with Crippen LogP contribution in [0.5, 0.6) is 5.75 Å². The number of para-hydroxylation sites is 1. The lowest BCUT2D eigenvalue weighted by molar-refractivity contribution is -0.116. The molecule has 0 unspecified atom stereocenters. The zero-order valence-corrected chi connectivity index (χ0v) is 19.0. The standard InChI is InChI=1S/C25H23N5O2S/c1-16-8-6-7-11-20(16)26-24(31)22-21(17-12-14-19(32-2)15-13-17)29-30-23(27-28-25(30)33-22)18-9-4-3-5-10-18/h3-15,21-22,29H,1-2H3,(H,26,31)/t21-,22-/m0/s1. The molecule has 3 aromatic carbocycles. The van der Waals surface area contributed by atoms with E-state index in [0.29, 0.717) is 11.0 Å². The van der Waals surface area contributed by atoms with E-state index in [1.165, 1.54) is 11.8 Å². The summed E-state index contributed by atoms with van der Waals surface area (Å²) in [5.41, 5.74) is 7.22. The average molecular weight is 458 g/mol. The summed E-state index contributed by atoms with van der Waals surface area (Å²) in [5, 5.41) is 12.0. The van der Waals surface area contributed by atoms with E-state index in [1.807, 2.05) is 90.5 Å². The van der Waals surface area contributed by atoms with E-state index in [4.69, 9.17) is 4.74 Å². The largest absolute Gasteiger partial charge is 0.497 e. The molecule has 33 heavy (non-hydrogen) atoms. The van der Waals surface area contributed by atoms with Gasteiger partial charge in [-0.1, -0.05) is 72.4 Å². The lowest BCUT2D eigenvalue weighted by Gasteiger charge is -2.33. The van der Waals surface area contributed by atoms with Crippen LogP contribution in [-0.4, -0.2) is 33.1 Å². The minimum atomic E-state index is -0.460. The molecule has 5 rings (SSSR count). The van der Waals surface area contributed by atoms with Crippen molar-refractivity contribution in [3.05, 3.63) is 90.0 Å². The van der Waals surface area contributed by atoms with Crippen molar-refractivity contribution in [1.29, 1.82) is 0 Å². The molecule has 166 valence electrons. The van der Waals surface area contributed by atoms with Gasteiger partial charge >= 0.3 is 0 Å². The van der Waals surface area contributed by atoms with Crippen molar-refractivity contribution >= 4 is 23.4 Å². The lowest BCUT2D eigenvalue weighted by Crippen LogP contribution is -2.41. The highest BCUT2D eigenvalue weighted by Gasteiger charge is 2.38. The second-order valence-corrected chi connectivity index (χ2v) is 8.84. The number of carbonyl (C=O) groups excluding carboxylic acids is 1. The van der Waals surface area contributed by atoms with E-state index in [0.717, 1.165) is 28.1 Å². The fourth-order valence-electron chi connectivity index (χ4n) is 3.81. The van der Waals surface area contributed by atoms with Crippen molar-refractivity contribution in [3.63, 3.8) is 0 Å². The first-order valence-corrected chi connectivity index (χ1v) is 11.5. The molecule has 1 amide bonds. The van der Waals surface area contributed by atoms with E-state index in [2.05, 4.69) is 20.9 Å². The molecular weight excluding hydrogens is 434 g/mol. The van der Waals surface area contributed by atoms with Gasteiger partial charge < -0.3 is 15.5 Å². The first kappa shape index (κ1) is 21.1. The maximum absolute atomic E-state index is 13.5. The summed E-state index contributed by atoms with van der Waals surface area (Å²) in [5.74, 6) is 1.37. The number of benzene rings is 3. The number of hydrogen-bond donors (Lipinski definition) is 2. The molecule has 1 aliphatic rings. The number of amides is 1. The molecule has 2 N–H and O–H groups in total. The second kappa shape index (κ2) is 8.99. The number of rotatable bonds is 5. The summed E-state index contributed by atoms with van der Waals surface area (Å²) in [7, 11) is 1.64. The van der Waals surface area contributed by atoms with Crippen LogP contribution in [0.3, 0.4) is 0 Å². The summed E-state index contributed by atoms with van der Waals surface area (Å²) in [6.07, 6.45) is 0. The fraction of sp³-hybridized carbons (Fsp3) is 0.160. The Balaban J connectivity index is 1.52. The molecule has 0 saturated heterocycles. The molecule has 0 radical (unpaired) electrons. The van der Waals surface area contributed by atoms with Gasteiger partial charge in [-0.15, -0.1) is 10.2 Å². The average Bonchev–Trinajstić information content (AvgIpc) is 3.28. The normalized spacial score (nSPS) is 17.0. The van der Waals surface area contributed by atoms with Gasteiger partial charge in [0, 0.05) is 11.3 Å². The van der Waals surface area contributed by atoms with Crippen LogP contribution < -0.4 is 15.5 Å². The van der Waals surface area contributed by atoms with Crippen LogP contribution in [0.2, 0.25) is 0 Å². The van der Waals surface area contributed by atoms with Crippen molar-refractivity contribution in [2.75, 3.05) is 17.9 Å². The predicted molar refractivity (Wildman–Crippen MR) is 130 cm³/mol. The number of methoxy groups -OCH3 is 1. The number of thioether (sulfide) groups is 1. The van der Waals surface area contributed by atoms with Crippen LogP contribution in [0, 0.1) is 6.92 Å². The molecular formula is C25H23N5O2S. The molecule has 0 fully saturated rings. The maximum Gasteiger partial charge on any atom is 0.240 e. The van der Waals surface area contributed by atoms with Gasteiger partial charge in [0.2, 0.25) is 11.1 Å². The molecule has 2 atom stereocenters. The van der Waals surface area contributed by atoms with Gasteiger partial charge in [-0.2, -0.15) is 0 Å². The summed E-state index contributed by atoms with van der Waals surface area (Å²) in [6.45, 7) is 1.98. The first-order valence-electron chi connectivity index (χ1n) is 10.6. The summed E-state index contributed by atoms with van der Waals surface area (Å²) in [4.78, 5) is 13.5. The van der Waals surface area contributed by atoms with Crippen molar-refractivity contribution in [2.24, 2.45) is 0 Å². The van der Waals surface area contributed by atoms with Crippen molar-refractivity contribution in [3.8, 4) is 17.1 Å². The Morgan fingerprint density at radius 3 is 2.45 bits per heavy atom. The van der Waals surface area contributed by atoms with E-state index >= 15 is 0 Å². The van der Waals surface area contributed by atoms with Crippen LogP contribution in [0.4, 0.5) is 5.69 Å². The second-order valence-electron chi connectivity index (χ2n) is 7.73. The Kier molecular flexibility index (Phi) is 5.75. The number of anilines is 1. The fourth-order valence-corrected chi connectivity index (χ4v) is 4.89. The Morgan fingerprint density at radius 1 is 1.00 bits per heavy atom. The predicted octanol–water partition coefficient (Wildman–Crippen LogP) is 4.66. The lowest BCUT2D eigenvalue weighted by atomic mass is 10.0. The minimum Gasteiger partial charge on any atom is -0.497 e. The van der Waals surface area contributed by atoms with Crippen LogP contribution in [0.1, 0.15) is 17.2 Å². The molecule has 0 spiro atoms. The Morgan fingerprint density at radius 2 is 1.73 bits per heavy atom. The number of nitrogens with one attached hydrogen (secondary N) is 2. The molecule has 0 saturated carbocycles. The monoisotopic (exact) mass is 457 g/mol. The van der Waals surface area contributed by atoms with Gasteiger partial charge in [0.15, 0.2) is 5.82 Å². The van der Waals surface area contributed by atoms with Crippen LogP contribution in [0.25, 0.3) is 11.4 Å². The smallest absolute Gasteiger partial charge is 0.240 e. The number of carbonyl (C=O) groups is 1. The maximum atomic E-state index is 13.5. The number of hydrogen-bond acceptors (Lipinski definition) is 6. The molecule has 7 nitrogen and oxygen atoms in total. The minimum absolute atomic E-state index is 0.0990. The molecule has 0 bridgehead atoms. The third-order valence-electron chi connectivity index (χ3n) is 5.60. The molecule has 1 aliphatic heterocycles. The third kappa shape index (κ3) is 4.17. The summed E-state index contributed by atoms with van der Waals surface area (Å²) < 4.78 is 7.18. The molecule has 2 heterocycles. The van der Waals surface area contributed by atoms with Gasteiger partial charge in [-0.3, -0.25) is 4.79 Å². The van der Waals surface area contributed by atoms with Gasteiger partial charge in [0.1, 0.15) is 11.0 Å². The number of aryl methyl sites for hydroxylation is 1. The van der Waals surface area contributed by atoms with Crippen molar-refractivity contribution in [1.82, 2.24) is 14.9 Å².